The number of aromatic carboxylic acids is 1. The van der Waals surface area contributed by atoms with Crippen LogP contribution in [0.3, 0.4) is 0 Å². The van der Waals surface area contributed by atoms with Crippen LogP contribution < -0.4 is 5.32 Å². The first-order valence-corrected chi connectivity index (χ1v) is 6.64. The molecule has 0 aliphatic heterocycles. The summed E-state index contributed by atoms with van der Waals surface area (Å²) in [6.07, 6.45) is 1.02. The van der Waals surface area contributed by atoms with E-state index in [4.69, 9.17) is 9.84 Å². The molecule has 0 radical (unpaired) electrons. The number of carbonyl (C=O) groups excluding carboxylic acids is 1. The number of hydrogen-bond donors (Lipinski definition) is 2. The van der Waals surface area contributed by atoms with Gasteiger partial charge in [-0.15, -0.1) is 0 Å². The number of hydrogen-bond acceptors (Lipinski definition) is 4. The summed E-state index contributed by atoms with van der Waals surface area (Å²) in [4.78, 5) is 22.4. The van der Waals surface area contributed by atoms with Gasteiger partial charge < -0.3 is 9.84 Å². The van der Waals surface area contributed by atoms with E-state index in [2.05, 4.69) is 10.4 Å². The summed E-state index contributed by atoms with van der Waals surface area (Å²) in [6, 6.07) is 8.20. The quantitative estimate of drug-likeness (QED) is 0.909. The van der Waals surface area contributed by atoms with Crippen molar-refractivity contribution in [2.75, 3.05) is 5.32 Å². The Morgan fingerprint density at radius 3 is 2.32 bits per heavy atom. The largest absolute Gasteiger partial charge is 0.476 e. The van der Waals surface area contributed by atoms with Gasteiger partial charge in [0.1, 0.15) is 5.60 Å². The minimum Gasteiger partial charge on any atom is -0.476 e. The molecule has 0 bridgehead atoms. The molecule has 2 rings (SSSR count). The van der Waals surface area contributed by atoms with Gasteiger partial charge in [0.2, 0.25) is 0 Å². The van der Waals surface area contributed by atoms with Gasteiger partial charge in [-0.05, 0) is 51.1 Å². The Bertz CT molecular complexity index is 684. The predicted molar refractivity (Wildman–Crippen MR) is 80.4 cm³/mol. The van der Waals surface area contributed by atoms with Crippen molar-refractivity contribution in [2.24, 2.45) is 0 Å². The molecule has 22 heavy (non-hydrogen) atoms. The monoisotopic (exact) mass is 303 g/mol. The number of benzene rings is 1. The van der Waals surface area contributed by atoms with Crippen molar-refractivity contribution >= 4 is 17.7 Å². The van der Waals surface area contributed by atoms with E-state index >= 15 is 0 Å². The molecule has 1 aromatic carbocycles. The van der Waals surface area contributed by atoms with E-state index in [1.165, 1.54) is 10.7 Å². The molecule has 1 aromatic heterocycles. The number of nitrogens with one attached hydrogen (secondary N) is 1. The lowest BCUT2D eigenvalue weighted by atomic mass is 10.2. The van der Waals surface area contributed by atoms with Crippen LogP contribution in [-0.2, 0) is 4.74 Å². The molecule has 0 spiro atoms. The molecule has 0 fully saturated rings. The lowest BCUT2D eigenvalue weighted by Gasteiger charge is -2.19. The minimum atomic E-state index is -1.08. The van der Waals surface area contributed by atoms with Gasteiger partial charge in [-0.1, -0.05) is 0 Å². The maximum absolute atomic E-state index is 11.6. The Kier molecular flexibility index (Phi) is 4.16. The molecule has 0 unspecified atom stereocenters. The molecule has 0 saturated heterocycles. The summed E-state index contributed by atoms with van der Waals surface area (Å²) in [6.45, 7) is 5.36. The summed E-state index contributed by atoms with van der Waals surface area (Å²) in [7, 11) is 0. The SMILES string of the molecule is CC(C)(C)OC(=O)Nc1ccc(-n2ccc(C(=O)O)n2)cc1. The van der Waals surface area contributed by atoms with Crippen LogP contribution in [0.1, 0.15) is 31.3 Å². The van der Waals surface area contributed by atoms with Crippen molar-refractivity contribution < 1.29 is 19.4 Å². The summed E-state index contributed by atoms with van der Waals surface area (Å²) < 4.78 is 6.60. The first kappa shape index (κ1) is 15.6. The molecule has 2 aromatic rings. The van der Waals surface area contributed by atoms with Crippen LogP contribution >= 0.6 is 0 Å². The lowest BCUT2D eigenvalue weighted by molar-refractivity contribution is 0.0633. The van der Waals surface area contributed by atoms with Crippen LogP contribution in [0.25, 0.3) is 5.69 Å². The Morgan fingerprint density at radius 1 is 1.18 bits per heavy atom. The molecular formula is C15H17N3O4. The van der Waals surface area contributed by atoms with Gasteiger partial charge in [0.15, 0.2) is 5.69 Å². The van der Waals surface area contributed by atoms with E-state index in [0.717, 1.165) is 0 Å². The van der Waals surface area contributed by atoms with Crippen molar-refractivity contribution in [3.05, 3.63) is 42.2 Å². The van der Waals surface area contributed by atoms with Gasteiger partial charge >= 0.3 is 12.1 Å². The van der Waals surface area contributed by atoms with Crippen molar-refractivity contribution in [2.45, 2.75) is 26.4 Å². The fraction of sp³-hybridized carbons (Fsp3) is 0.267. The number of aromatic nitrogens is 2. The van der Waals surface area contributed by atoms with Crippen molar-refractivity contribution in [3.8, 4) is 5.69 Å². The second kappa shape index (κ2) is 5.88. The van der Waals surface area contributed by atoms with Crippen molar-refractivity contribution in [1.82, 2.24) is 9.78 Å². The van der Waals surface area contributed by atoms with E-state index in [-0.39, 0.29) is 5.69 Å². The normalized spacial score (nSPS) is 11.0. The summed E-state index contributed by atoms with van der Waals surface area (Å²) in [5.41, 5.74) is 0.661. The highest BCUT2D eigenvalue weighted by Gasteiger charge is 2.16. The van der Waals surface area contributed by atoms with E-state index in [0.29, 0.717) is 11.4 Å². The molecule has 0 aliphatic carbocycles. The highest BCUT2D eigenvalue weighted by atomic mass is 16.6. The fourth-order valence-electron chi connectivity index (χ4n) is 1.70. The highest BCUT2D eigenvalue weighted by molar-refractivity contribution is 5.85. The second-order valence-electron chi connectivity index (χ2n) is 5.62. The topological polar surface area (TPSA) is 93.5 Å². The third kappa shape index (κ3) is 4.08. The number of amides is 1. The number of nitrogens with zero attached hydrogens (tertiary/aromatic N) is 2. The summed E-state index contributed by atoms with van der Waals surface area (Å²) in [5.74, 6) is -1.08. The number of carboxylic acid groups (broad SMARTS) is 1. The van der Waals surface area contributed by atoms with Crippen LogP contribution in [0, 0.1) is 0 Å². The van der Waals surface area contributed by atoms with Gasteiger partial charge in [0.25, 0.3) is 0 Å². The average Bonchev–Trinajstić information content (AvgIpc) is 2.87. The number of ether oxygens (including phenoxy) is 1. The summed E-state index contributed by atoms with van der Waals surface area (Å²) in [5, 5.41) is 15.4. The van der Waals surface area contributed by atoms with Crippen LogP contribution in [0.15, 0.2) is 36.5 Å². The Hall–Kier alpha value is -2.83. The smallest absolute Gasteiger partial charge is 0.412 e. The van der Waals surface area contributed by atoms with Gasteiger partial charge in [0.05, 0.1) is 5.69 Å². The Labute approximate surface area is 127 Å². The number of anilines is 1. The zero-order valence-corrected chi connectivity index (χ0v) is 12.5. The molecule has 0 saturated carbocycles. The van der Waals surface area contributed by atoms with Gasteiger partial charge in [-0.25, -0.2) is 14.3 Å². The highest BCUT2D eigenvalue weighted by Crippen LogP contribution is 2.15. The van der Waals surface area contributed by atoms with Crippen LogP contribution in [0.2, 0.25) is 0 Å². The standard InChI is InChI=1S/C15H17N3O4/c1-15(2,3)22-14(21)16-10-4-6-11(7-5-10)18-9-8-12(17-18)13(19)20/h4-9H,1-3H3,(H,16,21)(H,19,20). The number of carboxylic acids is 1. The van der Waals surface area contributed by atoms with E-state index in [1.54, 1.807) is 51.2 Å². The van der Waals surface area contributed by atoms with E-state index < -0.39 is 17.7 Å². The lowest BCUT2D eigenvalue weighted by Crippen LogP contribution is -2.27. The third-order valence-corrected chi connectivity index (χ3v) is 2.59. The van der Waals surface area contributed by atoms with Crippen LogP contribution in [-0.4, -0.2) is 32.6 Å². The first-order chi connectivity index (χ1) is 10.2. The van der Waals surface area contributed by atoms with Gasteiger partial charge in [-0.2, -0.15) is 5.10 Å². The molecule has 1 amide bonds. The second-order valence-corrected chi connectivity index (χ2v) is 5.62. The Morgan fingerprint density at radius 2 is 1.82 bits per heavy atom. The zero-order valence-electron chi connectivity index (χ0n) is 12.5. The Balaban J connectivity index is 2.06. The molecule has 7 nitrogen and oxygen atoms in total. The maximum Gasteiger partial charge on any atom is 0.412 e. The zero-order chi connectivity index (χ0) is 16.3. The van der Waals surface area contributed by atoms with E-state index in [1.807, 2.05) is 0 Å². The number of carbonyl (C=O) groups is 2. The van der Waals surface area contributed by atoms with Gasteiger partial charge in [0, 0.05) is 11.9 Å². The molecule has 1 heterocycles. The molecule has 7 heteroatoms. The fourth-order valence-corrected chi connectivity index (χ4v) is 1.70. The minimum absolute atomic E-state index is 0.0315. The molecule has 0 aliphatic rings. The first-order valence-electron chi connectivity index (χ1n) is 6.64. The van der Waals surface area contributed by atoms with Crippen LogP contribution in [0.4, 0.5) is 10.5 Å². The summed E-state index contributed by atoms with van der Waals surface area (Å²) >= 11 is 0. The predicted octanol–water partition coefficient (Wildman–Crippen LogP) is 2.92. The van der Waals surface area contributed by atoms with Crippen LogP contribution in [0.5, 0.6) is 0 Å². The molecule has 0 atom stereocenters. The average molecular weight is 303 g/mol. The maximum atomic E-state index is 11.6. The molecule has 116 valence electrons. The third-order valence-electron chi connectivity index (χ3n) is 2.59. The molecular weight excluding hydrogens is 286 g/mol. The molecule has 2 N–H and O–H groups in total. The van der Waals surface area contributed by atoms with Crippen molar-refractivity contribution in [1.29, 1.82) is 0 Å². The van der Waals surface area contributed by atoms with Crippen molar-refractivity contribution in [3.63, 3.8) is 0 Å². The van der Waals surface area contributed by atoms with Gasteiger partial charge in [-0.3, -0.25) is 5.32 Å². The number of rotatable bonds is 3. The van der Waals surface area contributed by atoms with E-state index in [9.17, 15) is 9.59 Å².